The Bertz CT molecular complexity index is 525. The molecule has 122 valence electrons. The molecule has 7 heteroatoms. The molecule has 1 aliphatic rings. The molecule has 0 aromatic heterocycles. The summed E-state index contributed by atoms with van der Waals surface area (Å²) < 4.78 is 0. The number of aryl methyl sites for hydroxylation is 1. The zero-order valence-corrected chi connectivity index (χ0v) is 13.4. The summed E-state index contributed by atoms with van der Waals surface area (Å²) in [6, 6.07) is 7.12. The number of benzene rings is 1. The SMILES string of the molecule is CC1CC(NC(=O)CCc2cccc([N+](=O)[O-])c2)CCN1.Cl. The summed E-state index contributed by atoms with van der Waals surface area (Å²) in [6.07, 6.45) is 2.78. The van der Waals surface area contributed by atoms with Crippen molar-refractivity contribution in [3.63, 3.8) is 0 Å². The van der Waals surface area contributed by atoms with E-state index in [2.05, 4.69) is 17.6 Å². The predicted molar refractivity (Wildman–Crippen MR) is 87.3 cm³/mol. The predicted octanol–water partition coefficient (Wildman–Crippen LogP) is 2.21. The third-order valence-electron chi connectivity index (χ3n) is 3.75. The number of hydrogen-bond acceptors (Lipinski definition) is 4. The number of nitro benzene ring substituents is 1. The number of carbonyl (C=O) groups excluding carboxylic acids is 1. The summed E-state index contributed by atoms with van der Waals surface area (Å²) in [7, 11) is 0. The molecule has 1 saturated heterocycles. The van der Waals surface area contributed by atoms with E-state index in [4.69, 9.17) is 0 Å². The molecule has 0 bridgehead atoms. The summed E-state index contributed by atoms with van der Waals surface area (Å²) >= 11 is 0. The van der Waals surface area contributed by atoms with Crippen LogP contribution in [0, 0.1) is 10.1 Å². The van der Waals surface area contributed by atoms with Gasteiger partial charge in [-0.2, -0.15) is 0 Å². The van der Waals surface area contributed by atoms with Crippen LogP contribution in [0.2, 0.25) is 0 Å². The lowest BCUT2D eigenvalue weighted by atomic mass is 10.0. The molecule has 2 atom stereocenters. The van der Waals surface area contributed by atoms with Crippen LogP contribution in [0.25, 0.3) is 0 Å². The van der Waals surface area contributed by atoms with E-state index in [1.54, 1.807) is 6.07 Å². The van der Waals surface area contributed by atoms with Crippen molar-refractivity contribution in [2.24, 2.45) is 0 Å². The molecule has 22 heavy (non-hydrogen) atoms. The Balaban J connectivity index is 0.00000242. The first kappa shape index (κ1) is 18.4. The summed E-state index contributed by atoms with van der Waals surface area (Å²) in [4.78, 5) is 22.2. The van der Waals surface area contributed by atoms with Crippen molar-refractivity contribution >= 4 is 24.0 Å². The van der Waals surface area contributed by atoms with E-state index in [0.717, 1.165) is 24.9 Å². The molecular formula is C15H22ClN3O3. The summed E-state index contributed by atoms with van der Waals surface area (Å²) in [5.74, 6) is 0.0145. The topological polar surface area (TPSA) is 84.3 Å². The minimum absolute atomic E-state index is 0. The van der Waals surface area contributed by atoms with Crippen LogP contribution in [0.1, 0.15) is 31.7 Å². The first-order valence-electron chi connectivity index (χ1n) is 7.30. The second-order valence-electron chi connectivity index (χ2n) is 5.57. The molecule has 2 N–H and O–H groups in total. The van der Waals surface area contributed by atoms with Gasteiger partial charge in [-0.25, -0.2) is 0 Å². The van der Waals surface area contributed by atoms with Crippen LogP contribution in [0.15, 0.2) is 24.3 Å². The lowest BCUT2D eigenvalue weighted by Gasteiger charge is -2.28. The molecule has 1 aromatic rings. The first-order chi connectivity index (χ1) is 10.0. The van der Waals surface area contributed by atoms with Gasteiger partial charge in [-0.05, 0) is 38.3 Å². The van der Waals surface area contributed by atoms with Crippen molar-refractivity contribution in [1.82, 2.24) is 10.6 Å². The fraction of sp³-hybridized carbons (Fsp3) is 0.533. The second-order valence-corrected chi connectivity index (χ2v) is 5.57. The maximum Gasteiger partial charge on any atom is 0.269 e. The lowest BCUT2D eigenvalue weighted by molar-refractivity contribution is -0.384. The third-order valence-corrected chi connectivity index (χ3v) is 3.75. The van der Waals surface area contributed by atoms with Crippen LogP contribution in [0.3, 0.4) is 0 Å². The van der Waals surface area contributed by atoms with Crippen LogP contribution in [-0.4, -0.2) is 29.5 Å². The quantitative estimate of drug-likeness (QED) is 0.641. The standard InChI is InChI=1S/C15H21N3O3.ClH/c1-11-9-13(7-8-16-11)17-15(19)6-5-12-3-2-4-14(10-12)18(20)21;/h2-4,10-11,13,16H,5-9H2,1H3,(H,17,19);1H. The molecule has 1 heterocycles. The van der Waals surface area contributed by atoms with E-state index in [1.165, 1.54) is 12.1 Å². The third kappa shape index (κ3) is 5.61. The summed E-state index contributed by atoms with van der Waals surface area (Å²) in [5.41, 5.74) is 0.887. The molecule has 1 aliphatic heterocycles. The van der Waals surface area contributed by atoms with E-state index in [-0.39, 0.29) is 30.0 Å². The largest absolute Gasteiger partial charge is 0.353 e. The van der Waals surface area contributed by atoms with E-state index in [0.29, 0.717) is 18.9 Å². The molecule has 6 nitrogen and oxygen atoms in total. The van der Waals surface area contributed by atoms with Crippen molar-refractivity contribution in [3.05, 3.63) is 39.9 Å². The molecule has 2 unspecified atom stereocenters. The van der Waals surface area contributed by atoms with E-state index in [9.17, 15) is 14.9 Å². The van der Waals surface area contributed by atoms with Gasteiger partial charge >= 0.3 is 0 Å². The second kappa shape index (κ2) is 8.70. The van der Waals surface area contributed by atoms with Gasteiger partial charge in [-0.3, -0.25) is 14.9 Å². The number of amides is 1. The van der Waals surface area contributed by atoms with Gasteiger partial charge in [0.15, 0.2) is 0 Å². The fourth-order valence-electron chi connectivity index (χ4n) is 2.65. The summed E-state index contributed by atoms with van der Waals surface area (Å²) in [6.45, 7) is 3.04. The van der Waals surface area contributed by atoms with Gasteiger partial charge in [-0.1, -0.05) is 12.1 Å². The number of nitro groups is 1. The Hall–Kier alpha value is -1.66. The van der Waals surface area contributed by atoms with Gasteiger partial charge in [0, 0.05) is 30.6 Å². The van der Waals surface area contributed by atoms with E-state index >= 15 is 0 Å². The van der Waals surface area contributed by atoms with Gasteiger partial charge in [0.2, 0.25) is 5.91 Å². The van der Waals surface area contributed by atoms with Crippen molar-refractivity contribution in [2.45, 2.75) is 44.7 Å². The molecule has 2 rings (SSSR count). The molecule has 0 spiro atoms. The smallest absolute Gasteiger partial charge is 0.269 e. The number of hydrogen-bond donors (Lipinski definition) is 2. The zero-order chi connectivity index (χ0) is 15.2. The number of rotatable bonds is 5. The fourth-order valence-corrected chi connectivity index (χ4v) is 2.65. The minimum Gasteiger partial charge on any atom is -0.353 e. The van der Waals surface area contributed by atoms with E-state index in [1.807, 2.05) is 6.07 Å². The Morgan fingerprint density at radius 1 is 1.50 bits per heavy atom. The van der Waals surface area contributed by atoms with Gasteiger partial charge in [0.1, 0.15) is 0 Å². The molecule has 1 fully saturated rings. The summed E-state index contributed by atoms with van der Waals surface area (Å²) in [5, 5.41) is 17.1. The van der Waals surface area contributed by atoms with Gasteiger partial charge in [0.05, 0.1) is 4.92 Å². The van der Waals surface area contributed by atoms with Crippen molar-refractivity contribution in [1.29, 1.82) is 0 Å². The zero-order valence-electron chi connectivity index (χ0n) is 12.6. The Kier molecular flexibility index (Phi) is 7.27. The minimum atomic E-state index is -0.417. The van der Waals surface area contributed by atoms with E-state index < -0.39 is 4.92 Å². The van der Waals surface area contributed by atoms with Crippen molar-refractivity contribution in [2.75, 3.05) is 6.54 Å². The molecule has 0 radical (unpaired) electrons. The van der Waals surface area contributed by atoms with Gasteiger partial charge < -0.3 is 10.6 Å². The normalized spacial score (nSPS) is 20.8. The number of carbonyl (C=O) groups is 1. The number of nitrogens with one attached hydrogen (secondary N) is 2. The van der Waals surface area contributed by atoms with Crippen LogP contribution in [0.5, 0.6) is 0 Å². The number of nitrogens with zero attached hydrogens (tertiary/aromatic N) is 1. The Morgan fingerprint density at radius 2 is 2.27 bits per heavy atom. The van der Waals surface area contributed by atoms with Crippen LogP contribution in [-0.2, 0) is 11.2 Å². The maximum absolute atomic E-state index is 11.9. The number of halogens is 1. The van der Waals surface area contributed by atoms with Crippen LogP contribution < -0.4 is 10.6 Å². The molecule has 0 aliphatic carbocycles. The highest BCUT2D eigenvalue weighted by atomic mass is 35.5. The van der Waals surface area contributed by atoms with Crippen molar-refractivity contribution < 1.29 is 9.72 Å². The number of non-ortho nitro benzene ring substituents is 1. The highest BCUT2D eigenvalue weighted by Gasteiger charge is 2.19. The monoisotopic (exact) mass is 327 g/mol. The number of piperidine rings is 1. The average molecular weight is 328 g/mol. The Morgan fingerprint density at radius 3 is 2.95 bits per heavy atom. The lowest BCUT2D eigenvalue weighted by Crippen LogP contribution is -2.46. The molecule has 1 amide bonds. The maximum atomic E-state index is 11.9. The van der Waals surface area contributed by atoms with Crippen LogP contribution in [0.4, 0.5) is 5.69 Å². The highest BCUT2D eigenvalue weighted by Crippen LogP contribution is 2.14. The Labute approximate surface area is 136 Å². The average Bonchev–Trinajstić information content (AvgIpc) is 2.45. The van der Waals surface area contributed by atoms with Gasteiger partial charge in [0.25, 0.3) is 5.69 Å². The highest BCUT2D eigenvalue weighted by molar-refractivity contribution is 5.85. The molecule has 1 aromatic carbocycles. The van der Waals surface area contributed by atoms with Crippen LogP contribution >= 0.6 is 12.4 Å². The molecular weight excluding hydrogens is 306 g/mol. The first-order valence-corrected chi connectivity index (χ1v) is 7.30. The van der Waals surface area contributed by atoms with Gasteiger partial charge in [-0.15, -0.1) is 12.4 Å². The van der Waals surface area contributed by atoms with Crippen molar-refractivity contribution in [3.8, 4) is 0 Å². The molecule has 0 saturated carbocycles.